The van der Waals surface area contributed by atoms with E-state index in [0.717, 1.165) is 5.92 Å². The topological polar surface area (TPSA) is 12.0 Å². The van der Waals surface area contributed by atoms with Crippen LogP contribution in [0.5, 0.6) is 0 Å². The summed E-state index contributed by atoms with van der Waals surface area (Å²) in [6.45, 7) is 9.30. The zero-order valence-electron chi connectivity index (χ0n) is 10.5. The van der Waals surface area contributed by atoms with Crippen LogP contribution >= 0.6 is 11.3 Å². The smallest absolute Gasteiger partial charge is 0.0328 e. The number of nitrogens with one attached hydrogen (secondary N) is 1. The van der Waals surface area contributed by atoms with Gasteiger partial charge in [-0.25, -0.2) is 0 Å². The van der Waals surface area contributed by atoms with Gasteiger partial charge in [0.15, 0.2) is 0 Å². The molecule has 1 aromatic heterocycles. The molecule has 15 heavy (non-hydrogen) atoms. The van der Waals surface area contributed by atoms with Crippen LogP contribution in [0.4, 0.5) is 0 Å². The van der Waals surface area contributed by atoms with Crippen LogP contribution in [0, 0.1) is 11.3 Å². The fourth-order valence-electron chi connectivity index (χ4n) is 1.60. The predicted octanol–water partition coefficient (Wildman–Crippen LogP) is 4.08. The quantitative estimate of drug-likeness (QED) is 0.814. The molecule has 1 rings (SSSR count). The third kappa shape index (κ3) is 3.62. The SMILES string of the molecule is CNC(CC(C)C(C)(C)C)c1ccsc1. The van der Waals surface area contributed by atoms with Crippen LogP contribution in [0.1, 0.15) is 45.7 Å². The van der Waals surface area contributed by atoms with E-state index < -0.39 is 0 Å². The summed E-state index contributed by atoms with van der Waals surface area (Å²) in [7, 11) is 2.05. The van der Waals surface area contributed by atoms with E-state index in [1.165, 1.54) is 12.0 Å². The van der Waals surface area contributed by atoms with Gasteiger partial charge in [-0.1, -0.05) is 27.7 Å². The Kier molecular flexibility index (Phi) is 4.35. The van der Waals surface area contributed by atoms with Crippen molar-refractivity contribution < 1.29 is 0 Å². The fourth-order valence-corrected chi connectivity index (χ4v) is 2.32. The second-order valence-corrected chi connectivity index (χ2v) is 6.18. The van der Waals surface area contributed by atoms with Gasteiger partial charge < -0.3 is 5.32 Å². The van der Waals surface area contributed by atoms with Crippen LogP contribution in [-0.2, 0) is 0 Å². The average Bonchev–Trinajstić information content (AvgIpc) is 2.64. The van der Waals surface area contributed by atoms with Crippen LogP contribution in [0.3, 0.4) is 0 Å². The summed E-state index contributed by atoms with van der Waals surface area (Å²) in [4.78, 5) is 0. The lowest BCUT2D eigenvalue weighted by atomic mass is 9.78. The third-order valence-corrected chi connectivity index (χ3v) is 4.06. The van der Waals surface area contributed by atoms with Crippen LogP contribution in [0.25, 0.3) is 0 Å². The Morgan fingerprint density at radius 1 is 1.40 bits per heavy atom. The van der Waals surface area contributed by atoms with Crippen molar-refractivity contribution in [1.29, 1.82) is 0 Å². The second kappa shape index (κ2) is 5.13. The minimum absolute atomic E-state index is 0.394. The summed E-state index contributed by atoms with van der Waals surface area (Å²) >= 11 is 1.78. The lowest BCUT2D eigenvalue weighted by Gasteiger charge is -2.30. The maximum Gasteiger partial charge on any atom is 0.0328 e. The van der Waals surface area contributed by atoms with E-state index in [1.54, 1.807) is 11.3 Å². The molecule has 1 aromatic rings. The molecule has 0 spiro atoms. The summed E-state index contributed by atoms with van der Waals surface area (Å²) in [5.74, 6) is 0.717. The summed E-state index contributed by atoms with van der Waals surface area (Å²) in [5, 5.41) is 7.81. The Labute approximate surface area is 97.9 Å². The molecule has 1 nitrogen and oxygen atoms in total. The van der Waals surface area contributed by atoms with Gasteiger partial charge in [-0.2, -0.15) is 11.3 Å². The molecule has 2 heteroatoms. The van der Waals surface area contributed by atoms with E-state index in [2.05, 4.69) is 56.9 Å². The van der Waals surface area contributed by atoms with Crippen molar-refractivity contribution >= 4 is 11.3 Å². The van der Waals surface area contributed by atoms with Crippen LogP contribution in [0.2, 0.25) is 0 Å². The zero-order chi connectivity index (χ0) is 11.5. The standard InChI is InChI=1S/C13H23NS/c1-10(13(2,3)4)8-12(14-5)11-6-7-15-9-11/h6-7,9-10,12,14H,8H2,1-5H3. The fraction of sp³-hybridized carbons (Fsp3) is 0.692. The molecule has 0 aliphatic carbocycles. The van der Waals surface area contributed by atoms with Gasteiger partial charge in [0, 0.05) is 6.04 Å². The lowest BCUT2D eigenvalue weighted by molar-refractivity contribution is 0.226. The first-order valence-electron chi connectivity index (χ1n) is 5.64. The highest BCUT2D eigenvalue weighted by molar-refractivity contribution is 7.07. The van der Waals surface area contributed by atoms with Gasteiger partial charge in [0.1, 0.15) is 0 Å². The zero-order valence-corrected chi connectivity index (χ0v) is 11.3. The van der Waals surface area contributed by atoms with E-state index >= 15 is 0 Å². The molecular weight excluding hydrogens is 202 g/mol. The van der Waals surface area contributed by atoms with E-state index in [1.807, 2.05) is 0 Å². The van der Waals surface area contributed by atoms with Crippen LogP contribution in [-0.4, -0.2) is 7.05 Å². The predicted molar refractivity (Wildman–Crippen MR) is 69.4 cm³/mol. The number of thiophene rings is 1. The Morgan fingerprint density at radius 2 is 2.07 bits per heavy atom. The van der Waals surface area contributed by atoms with Gasteiger partial charge in [-0.3, -0.25) is 0 Å². The molecule has 2 atom stereocenters. The highest BCUT2D eigenvalue weighted by atomic mass is 32.1. The molecular formula is C13H23NS. The number of hydrogen-bond donors (Lipinski definition) is 1. The molecule has 86 valence electrons. The van der Waals surface area contributed by atoms with Crippen molar-refractivity contribution in [3.05, 3.63) is 22.4 Å². The lowest BCUT2D eigenvalue weighted by Crippen LogP contribution is -2.25. The molecule has 2 unspecified atom stereocenters. The first kappa shape index (κ1) is 12.7. The van der Waals surface area contributed by atoms with Crippen molar-refractivity contribution in [2.45, 2.75) is 40.2 Å². The van der Waals surface area contributed by atoms with Gasteiger partial charge in [0.25, 0.3) is 0 Å². The van der Waals surface area contributed by atoms with E-state index in [4.69, 9.17) is 0 Å². The van der Waals surface area contributed by atoms with Crippen molar-refractivity contribution in [3.8, 4) is 0 Å². The Bertz CT molecular complexity index is 271. The minimum Gasteiger partial charge on any atom is -0.313 e. The molecule has 0 fully saturated rings. The summed E-state index contributed by atoms with van der Waals surface area (Å²) in [5.41, 5.74) is 1.82. The van der Waals surface area contributed by atoms with E-state index in [0.29, 0.717) is 11.5 Å². The second-order valence-electron chi connectivity index (χ2n) is 5.40. The molecule has 0 aliphatic rings. The molecule has 0 bridgehead atoms. The summed E-state index contributed by atoms with van der Waals surface area (Å²) < 4.78 is 0. The van der Waals surface area contributed by atoms with Gasteiger partial charge in [0.05, 0.1) is 0 Å². The average molecular weight is 225 g/mol. The van der Waals surface area contributed by atoms with E-state index in [-0.39, 0.29) is 0 Å². The van der Waals surface area contributed by atoms with Gasteiger partial charge in [-0.15, -0.1) is 0 Å². The van der Waals surface area contributed by atoms with E-state index in [9.17, 15) is 0 Å². The molecule has 0 aliphatic heterocycles. The molecule has 0 radical (unpaired) electrons. The maximum atomic E-state index is 3.41. The van der Waals surface area contributed by atoms with Gasteiger partial charge in [-0.05, 0) is 47.2 Å². The normalized spacial score (nSPS) is 16.3. The van der Waals surface area contributed by atoms with Crippen LogP contribution < -0.4 is 5.32 Å². The number of hydrogen-bond acceptors (Lipinski definition) is 2. The van der Waals surface area contributed by atoms with Crippen LogP contribution in [0.15, 0.2) is 16.8 Å². The van der Waals surface area contributed by atoms with Crippen molar-refractivity contribution in [1.82, 2.24) is 5.32 Å². The number of rotatable bonds is 4. The molecule has 0 saturated carbocycles. The molecule has 1 N–H and O–H groups in total. The minimum atomic E-state index is 0.394. The maximum absolute atomic E-state index is 3.41. The highest BCUT2D eigenvalue weighted by Gasteiger charge is 2.23. The summed E-state index contributed by atoms with van der Waals surface area (Å²) in [6.07, 6.45) is 1.21. The third-order valence-electron chi connectivity index (χ3n) is 3.36. The molecule has 0 aromatic carbocycles. The largest absolute Gasteiger partial charge is 0.313 e. The van der Waals surface area contributed by atoms with Gasteiger partial charge >= 0.3 is 0 Å². The highest BCUT2D eigenvalue weighted by Crippen LogP contribution is 2.33. The molecule has 0 saturated heterocycles. The molecule has 1 heterocycles. The first-order chi connectivity index (χ1) is 6.95. The van der Waals surface area contributed by atoms with Gasteiger partial charge in [0.2, 0.25) is 0 Å². The first-order valence-corrected chi connectivity index (χ1v) is 6.58. The monoisotopic (exact) mass is 225 g/mol. The van der Waals surface area contributed by atoms with Crippen molar-refractivity contribution in [3.63, 3.8) is 0 Å². The molecule has 0 amide bonds. The van der Waals surface area contributed by atoms with Crippen molar-refractivity contribution in [2.75, 3.05) is 7.05 Å². The van der Waals surface area contributed by atoms with Crippen molar-refractivity contribution in [2.24, 2.45) is 11.3 Å². The summed E-state index contributed by atoms with van der Waals surface area (Å²) in [6, 6.07) is 2.73. The Hall–Kier alpha value is -0.340. The Morgan fingerprint density at radius 3 is 2.47 bits per heavy atom. The Balaban J connectivity index is 2.63.